The lowest BCUT2D eigenvalue weighted by atomic mass is 9.69. The van der Waals surface area contributed by atoms with Crippen LogP contribution in [0.4, 0.5) is 10.1 Å². The van der Waals surface area contributed by atoms with Crippen LogP contribution in [0, 0.1) is 29.1 Å². The van der Waals surface area contributed by atoms with E-state index in [1.165, 1.54) is 6.39 Å². The minimum Gasteiger partial charge on any atom is -0.444 e. The van der Waals surface area contributed by atoms with Crippen LogP contribution >= 0.6 is 0 Å². The Morgan fingerprint density at radius 2 is 2.10 bits per heavy atom. The van der Waals surface area contributed by atoms with E-state index in [2.05, 4.69) is 22.2 Å². The van der Waals surface area contributed by atoms with Crippen molar-refractivity contribution in [3.05, 3.63) is 66.2 Å². The minimum absolute atomic E-state index is 0.0733. The molecular formula is C23H20FN3O2. The van der Waals surface area contributed by atoms with Crippen molar-refractivity contribution in [3.8, 4) is 11.3 Å². The molecule has 3 aliphatic carbocycles. The predicted molar refractivity (Wildman–Crippen MR) is 104 cm³/mol. The number of rotatable bonds is 3. The summed E-state index contributed by atoms with van der Waals surface area (Å²) in [7, 11) is 0. The molecule has 5 nitrogen and oxygen atoms in total. The average Bonchev–Trinajstić information content (AvgIpc) is 3.02. The Labute approximate surface area is 167 Å². The third-order valence-corrected chi connectivity index (χ3v) is 7.48. The van der Waals surface area contributed by atoms with E-state index in [4.69, 9.17) is 4.42 Å². The highest BCUT2D eigenvalue weighted by atomic mass is 19.1. The lowest BCUT2D eigenvalue weighted by molar-refractivity contribution is -0.127. The molecule has 2 heterocycles. The number of carbonyl (C=O) groups is 1. The maximum absolute atomic E-state index is 14.4. The summed E-state index contributed by atoms with van der Waals surface area (Å²) in [6.07, 6.45) is 6.20. The molecule has 2 fully saturated rings. The van der Waals surface area contributed by atoms with Crippen LogP contribution < -0.4 is 5.32 Å². The van der Waals surface area contributed by atoms with Crippen LogP contribution in [-0.4, -0.2) is 15.9 Å². The maximum Gasteiger partial charge on any atom is 0.231 e. The second-order valence-corrected chi connectivity index (χ2v) is 8.56. The zero-order valence-corrected chi connectivity index (χ0v) is 15.9. The molecule has 3 aliphatic rings. The number of aromatic nitrogens is 2. The minimum atomic E-state index is -0.377. The van der Waals surface area contributed by atoms with Gasteiger partial charge in [-0.1, -0.05) is 6.92 Å². The van der Waals surface area contributed by atoms with Gasteiger partial charge in [0, 0.05) is 23.0 Å². The SMILES string of the molecule is C[C@H]1c2ccnc(F)c2C[C@@H]2CC3[C@@H]1C32C(=O)Nc1ccc(-c2cnco2)cc1. The van der Waals surface area contributed by atoms with Crippen molar-refractivity contribution in [2.24, 2.45) is 23.2 Å². The summed E-state index contributed by atoms with van der Waals surface area (Å²) < 4.78 is 19.7. The number of pyridine rings is 1. The highest BCUT2D eigenvalue weighted by molar-refractivity contribution is 6.00. The van der Waals surface area contributed by atoms with Gasteiger partial charge in [-0.05, 0) is 72.4 Å². The van der Waals surface area contributed by atoms with E-state index in [-0.39, 0.29) is 35.0 Å². The summed E-state index contributed by atoms with van der Waals surface area (Å²) in [4.78, 5) is 21.1. The number of amides is 1. The van der Waals surface area contributed by atoms with E-state index in [9.17, 15) is 9.18 Å². The first-order valence-corrected chi connectivity index (χ1v) is 10.0. The number of hydrogen-bond donors (Lipinski definition) is 1. The Hall–Kier alpha value is -3.02. The number of oxazole rings is 1. The van der Waals surface area contributed by atoms with E-state index in [0.717, 1.165) is 23.2 Å². The van der Waals surface area contributed by atoms with E-state index in [1.54, 1.807) is 12.4 Å². The van der Waals surface area contributed by atoms with Crippen LogP contribution in [0.15, 0.2) is 53.5 Å². The van der Waals surface area contributed by atoms with Gasteiger partial charge in [-0.25, -0.2) is 9.97 Å². The van der Waals surface area contributed by atoms with Crippen molar-refractivity contribution in [3.63, 3.8) is 0 Å². The normalized spacial score (nSPS) is 31.1. The molecule has 1 amide bonds. The van der Waals surface area contributed by atoms with Crippen molar-refractivity contribution in [2.75, 3.05) is 5.32 Å². The highest BCUT2D eigenvalue weighted by Crippen LogP contribution is 2.80. The number of benzene rings is 1. The molecule has 1 N–H and O–H groups in total. The van der Waals surface area contributed by atoms with Gasteiger partial charge in [-0.2, -0.15) is 4.39 Å². The van der Waals surface area contributed by atoms with Crippen LogP contribution in [-0.2, 0) is 11.2 Å². The van der Waals surface area contributed by atoms with Crippen molar-refractivity contribution in [1.82, 2.24) is 9.97 Å². The van der Waals surface area contributed by atoms with Crippen LogP contribution in [0.2, 0.25) is 0 Å². The van der Waals surface area contributed by atoms with Gasteiger partial charge in [0.15, 0.2) is 12.2 Å². The molecule has 1 aromatic carbocycles. The molecule has 6 heteroatoms. The molecule has 0 radical (unpaired) electrons. The largest absolute Gasteiger partial charge is 0.444 e. The Bertz CT molecular complexity index is 1110. The third-order valence-electron chi connectivity index (χ3n) is 7.48. The number of anilines is 1. The summed E-state index contributed by atoms with van der Waals surface area (Å²) >= 11 is 0. The Morgan fingerprint density at radius 1 is 1.28 bits per heavy atom. The molecule has 5 atom stereocenters. The number of hydrogen-bond acceptors (Lipinski definition) is 4. The fraction of sp³-hybridized carbons (Fsp3) is 0.348. The van der Waals surface area contributed by atoms with Crippen molar-refractivity contribution < 1.29 is 13.6 Å². The fourth-order valence-electron chi connectivity index (χ4n) is 6.15. The topological polar surface area (TPSA) is 68.0 Å². The van der Waals surface area contributed by atoms with E-state index in [1.807, 2.05) is 30.3 Å². The van der Waals surface area contributed by atoms with Crippen LogP contribution in [0.5, 0.6) is 0 Å². The van der Waals surface area contributed by atoms with Gasteiger partial charge in [0.2, 0.25) is 11.9 Å². The van der Waals surface area contributed by atoms with Gasteiger partial charge in [0.05, 0.1) is 11.6 Å². The molecule has 2 saturated carbocycles. The first-order valence-electron chi connectivity index (χ1n) is 10.0. The molecule has 3 aromatic rings. The zero-order valence-electron chi connectivity index (χ0n) is 15.9. The summed E-state index contributed by atoms with van der Waals surface area (Å²) in [5, 5.41) is 3.12. The summed E-state index contributed by atoms with van der Waals surface area (Å²) in [6, 6.07) is 9.51. The summed E-state index contributed by atoms with van der Waals surface area (Å²) in [6.45, 7) is 2.13. The highest BCUT2D eigenvalue weighted by Gasteiger charge is 2.81. The van der Waals surface area contributed by atoms with Gasteiger partial charge >= 0.3 is 0 Å². The number of halogens is 1. The Morgan fingerprint density at radius 3 is 2.86 bits per heavy atom. The molecule has 0 spiro atoms. The van der Waals surface area contributed by atoms with Crippen molar-refractivity contribution in [2.45, 2.75) is 25.7 Å². The molecule has 146 valence electrons. The summed E-state index contributed by atoms with van der Waals surface area (Å²) in [5.74, 6) is 1.43. The molecule has 0 saturated heterocycles. The Kier molecular flexibility index (Phi) is 3.35. The van der Waals surface area contributed by atoms with Gasteiger partial charge < -0.3 is 9.73 Å². The maximum atomic E-state index is 14.4. The monoisotopic (exact) mass is 389 g/mol. The molecule has 6 rings (SSSR count). The number of nitrogens with one attached hydrogen (secondary N) is 1. The number of nitrogens with zero attached hydrogens (tertiary/aromatic N) is 2. The van der Waals surface area contributed by atoms with Crippen LogP contribution in [0.3, 0.4) is 0 Å². The van der Waals surface area contributed by atoms with E-state index < -0.39 is 0 Å². The first kappa shape index (κ1) is 16.9. The van der Waals surface area contributed by atoms with Crippen LogP contribution in [0.1, 0.15) is 30.4 Å². The van der Waals surface area contributed by atoms with E-state index in [0.29, 0.717) is 23.7 Å². The fourth-order valence-corrected chi connectivity index (χ4v) is 6.15. The standard InChI is InChI=1S/C23H20FN3O2/c1-12-16-6-7-26-21(24)17(16)8-14-9-18-20(12)23(14,18)22(28)27-15-4-2-13(3-5-15)19-10-25-11-29-19/h2-7,10-12,14,18,20H,8-9H2,1H3,(H,27,28)/t12-,14+,18?,20+,23?/m0/s1. The van der Waals surface area contributed by atoms with E-state index >= 15 is 0 Å². The van der Waals surface area contributed by atoms with Gasteiger partial charge in [-0.15, -0.1) is 0 Å². The zero-order chi connectivity index (χ0) is 19.8. The predicted octanol–water partition coefficient (Wildman–Crippen LogP) is 4.43. The molecular weight excluding hydrogens is 369 g/mol. The molecule has 29 heavy (non-hydrogen) atoms. The lowest BCUT2D eigenvalue weighted by Gasteiger charge is -2.35. The van der Waals surface area contributed by atoms with Gasteiger partial charge in [-0.3, -0.25) is 4.79 Å². The second kappa shape index (κ2) is 5.75. The first-order chi connectivity index (χ1) is 14.1. The van der Waals surface area contributed by atoms with Gasteiger partial charge in [0.1, 0.15) is 0 Å². The molecule has 2 unspecified atom stereocenters. The second-order valence-electron chi connectivity index (χ2n) is 8.56. The van der Waals surface area contributed by atoms with Crippen molar-refractivity contribution in [1.29, 1.82) is 0 Å². The quantitative estimate of drug-likeness (QED) is 0.673. The summed E-state index contributed by atoms with van der Waals surface area (Å²) in [5.41, 5.74) is 3.04. The van der Waals surface area contributed by atoms with Gasteiger partial charge in [0.25, 0.3) is 0 Å². The average molecular weight is 389 g/mol. The smallest absolute Gasteiger partial charge is 0.231 e. The Balaban J connectivity index is 1.27. The lowest BCUT2D eigenvalue weighted by Crippen LogP contribution is -2.41. The molecule has 2 aromatic heterocycles. The number of carbonyl (C=O) groups excluding carboxylic acids is 1. The third kappa shape index (κ3) is 2.17. The van der Waals surface area contributed by atoms with Crippen LogP contribution in [0.25, 0.3) is 11.3 Å². The molecule has 0 bridgehead atoms. The number of fused-ring (bicyclic) bond motifs is 2. The molecule has 0 aliphatic heterocycles. The van der Waals surface area contributed by atoms with Crippen molar-refractivity contribution >= 4 is 11.6 Å².